The highest BCUT2D eigenvalue weighted by atomic mass is 35.5. The number of carbonyl (C=O) groups excluding carboxylic acids is 1. The first-order valence-corrected chi connectivity index (χ1v) is 7.09. The number of carbonyl (C=O) groups is 1. The van der Waals surface area contributed by atoms with Gasteiger partial charge in [-0.25, -0.2) is 4.79 Å². The molecule has 0 unspecified atom stereocenters. The van der Waals surface area contributed by atoms with Gasteiger partial charge in [-0.3, -0.25) is 0 Å². The highest BCUT2D eigenvalue weighted by Gasteiger charge is 2.10. The number of urea groups is 1. The Kier molecular flexibility index (Phi) is 4.83. The maximum absolute atomic E-state index is 12.0. The molecule has 0 spiro atoms. The summed E-state index contributed by atoms with van der Waals surface area (Å²) in [6, 6.07) is 7.62. The zero-order valence-electron chi connectivity index (χ0n) is 11.0. The van der Waals surface area contributed by atoms with Gasteiger partial charge in [-0.15, -0.1) is 0 Å². The van der Waals surface area contributed by atoms with E-state index >= 15 is 0 Å². The number of benzene rings is 2. The van der Waals surface area contributed by atoms with Crippen molar-refractivity contribution in [3.05, 3.63) is 51.0 Å². The lowest BCUT2D eigenvalue weighted by Gasteiger charge is -2.12. The van der Waals surface area contributed by atoms with E-state index in [0.717, 1.165) is 5.56 Å². The Bertz CT molecular complexity index is 704. The van der Waals surface area contributed by atoms with Crippen LogP contribution in [0.4, 0.5) is 21.9 Å². The van der Waals surface area contributed by atoms with Crippen LogP contribution < -0.4 is 16.4 Å². The number of rotatable bonds is 2. The van der Waals surface area contributed by atoms with Gasteiger partial charge in [0, 0.05) is 10.7 Å². The van der Waals surface area contributed by atoms with Crippen LogP contribution in [0.5, 0.6) is 0 Å². The van der Waals surface area contributed by atoms with Crippen LogP contribution in [-0.4, -0.2) is 6.03 Å². The van der Waals surface area contributed by atoms with Crippen molar-refractivity contribution in [3.8, 4) is 0 Å². The number of anilines is 3. The third kappa shape index (κ3) is 3.94. The lowest BCUT2D eigenvalue weighted by molar-refractivity contribution is 0.262. The molecule has 0 aliphatic rings. The monoisotopic (exact) mass is 343 g/mol. The molecule has 0 aromatic heterocycles. The van der Waals surface area contributed by atoms with E-state index in [1.165, 1.54) is 0 Å². The van der Waals surface area contributed by atoms with Gasteiger partial charge in [0.15, 0.2) is 0 Å². The second-order valence-electron chi connectivity index (χ2n) is 4.39. The molecule has 21 heavy (non-hydrogen) atoms. The summed E-state index contributed by atoms with van der Waals surface area (Å²) in [6.45, 7) is 1.81. The Balaban J connectivity index is 2.15. The summed E-state index contributed by atoms with van der Waals surface area (Å²) in [5, 5.41) is 6.54. The van der Waals surface area contributed by atoms with E-state index in [1.54, 1.807) is 30.3 Å². The molecule has 0 atom stereocenters. The van der Waals surface area contributed by atoms with Gasteiger partial charge >= 0.3 is 6.03 Å². The Hall–Kier alpha value is -1.62. The summed E-state index contributed by atoms with van der Waals surface area (Å²) in [5.74, 6) is 0. The number of amides is 2. The fourth-order valence-corrected chi connectivity index (χ4v) is 2.21. The quantitative estimate of drug-likeness (QED) is 0.657. The van der Waals surface area contributed by atoms with Gasteiger partial charge < -0.3 is 16.4 Å². The molecule has 0 saturated carbocycles. The van der Waals surface area contributed by atoms with E-state index in [9.17, 15) is 4.79 Å². The Labute approximate surface area is 137 Å². The summed E-state index contributed by atoms with van der Waals surface area (Å²) in [4.78, 5) is 12.0. The molecule has 2 amide bonds. The first-order valence-electron chi connectivity index (χ1n) is 5.95. The topological polar surface area (TPSA) is 67.1 Å². The van der Waals surface area contributed by atoms with Crippen LogP contribution in [0, 0.1) is 6.92 Å². The molecule has 7 heteroatoms. The Morgan fingerprint density at radius 1 is 1.00 bits per heavy atom. The Morgan fingerprint density at radius 3 is 2.38 bits per heavy atom. The summed E-state index contributed by atoms with van der Waals surface area (Å²) in [5.41, 5.74) is 7.92. The van der Waals surface area contributed by atoms with Crippen LogP contribution in [0.3, 0.4) is 0 Å². The predicted octanol–water partition coefficient (Wildman–Crippen LogP) is 5.18. The molecule has 0 fully saturated rings. The molecule has 2 aromatic carbocycles. The summed E-state index contributed by atoms with van der Waals surface area (Å²) < 4.78 is 0. The normalized spacial score (nSPS) is 10.3. The standard InChI is InChI=1S/C14H12Cl3N3O/c1-7-4-11(18)10(17)6-12(7)19-14(21)20-13-5-8(15)2-3-9(13)16/h2-6H,18H2,1H3,(H2,19,20,21). The molecule has 2 aromatic rings. The molecular weight excluding hydrogens is 333 g/mol. The maximum atomic E-state index is 12.0. The van der Waals surface area contributed by atoms with Crippen molar-refractivity contribution in [1.29, 1.82) is 0 Å². The van der Waals surface area contributed by atoms with Crippen molar-refractivity contribution >= 4 is 57.9 Å². The van der Waals surface area contributed by atoms with Gasteiger partial charge in [-0.2, -0.15) is 0 Å². The summed E-state index contributed by atoms with van der Waals surface area (Å²) in [6.07, 6.45) is 0. The molecule has 0 aliphatic carbocycles. The molecule has 0 bridgehead atoms. The number of nitrogens with one attached hydrogen (secondary N) is 2. The molecule has 0 aliphatic heterocycles. The number of nitrogens with two attached hydrogens (primary N) is 1. The Morgan fingerprint density at radius 2 is 1.67 bits per heavy atom. The largest absolute Gasteiger partial charge is 0.398 e. The summed E-state index contributed by atoms with van der Waals surface area (Å²) >= 11 is 17.8. The highest BCUT2D eigenvalue weighted by Crippen LogP contribution is 2.28. The lowest BCUT2D eigenvalue weighted by atomic mass is 10.2. The predicted molar refractivity (Wildman–Crippen MR) is 89.7 cm³/mol. The van der Waals surface area contributed by atoms with Crippen molar-refractivity contribution in [1.82, 2.24) is 0 Å². The lowest BCUT2D eigenvalue weighted by Crippen LogP contribution is -2.20. The highest BCUT2D eigenvalue weighted by molar-refractivity contribution is 6.36. The minimum Gasteiger partial charge on any atom is -0.398 e. The van der Waals surface area contributed by atoms with Gasteiger partial charge in [0.2, 0.25) is 0 Å². The van der Waals surface area contributed by atoms with E-state index in [1.807, 2.05) is 6.92 Å². The van der Waals surface area contributed by atoms with Crippen LogP contribution in [0.15, 0.2) is 30.3 Å². The van der Waals surface area contributed by atoms with E-state index in [4.69, 9.17) is 40.5 Å². The second-order valence-corrected chi connectivity index (χ2v) is 5.64. The number of hydrogen-bond acceptors (Lipinski definition) is 2. The van der Waals surface area contributed by atoms with E-state index < -0.39 is 6.03 Å². The number of hydrogen-bond donors (Lipinski definition) is 3. The molecule has 4 N–H and O–H groups in total. The van der Waals surface area contributed by atoms with Crippen molar-refractivity contribution in [2.75, 3.05) is 16.4 Å². The van der Waals surface area contributed by atoms with Gasteiger partial charge in [0.25, 0.3) is 0 Å². The van der Waals surface area contributed by atoms with Gasteiger partial charge in [-0.1, -0.05) is 34.8 Å². The van der Waals surface area contributed by atoms with Crippen molar-refractivity contribution < 1.29 is 4.79 Å². The number of nitrogen functional groups attached to an aromatic ring is 1. The molecule has 0 saturated heterocycles. The van der Waals surface area contributed by atoms with Crippen LogP contribution in [-0.2, 0) is 0 Å². The minimum atomic E-state index is -0.455. The first-order chi connectivity index (χ1) is 9.86. The van der Waals surface area contributed by atoms with Crippen LogP contribution in [0.1, 0.15) is 5.56 Å². The van der Waals surface area contributed by atoms with Crippen LogP contribution in [0.25, 0.3) is 0 Å². The SMILES string of the molecule is Cc1cc(N)c(Cl)cc1NC(=O)Nc1cc(Cl)ccc1Cl. The van der Waals surface area contributed by atoms with Gasteiger partial charge in [0.1, 0.15) is 0 Å². The van der Waals surface area contributed by atoms with Crippen LogP contribution >= 0.6 is 34.8 Å². The second kappa shape index (κ2) is 6.43. The average molecular weight is 345 g/mol. The third-order valence-corrected chi connectivity index (χ3v) is 3.66. The molecule has 0 radical (unpaired) electrons. The van der Waals surface area contributed by atoms with E-state index in [-0.39, 0.29) is 0 Å². The molecule has 2 rings (SSSR count). The fourth-order valence-electron chi connectivity index (χ4n) is 1.71. The fraction of sp³-hybridized carbons (Fsp3) is 0.0714. The molecule has 0 heterocycles. The number of aryl methyl sites for hydroxylation is 1. The molecule has 4 nitrogen and oxygen atoms in total. The zero-order valence-corrected chi connectivity index (χ0v) is 13.3. The van der Waals surface area contributed by atoms with Crippen molar-refractivity contribution in [2.24, 2.45) is 0 Å². The van der Waals surface area contributed by atoms with Crippen molar-refractivity contribution in [2.45, 2.75) is 6.92 Å². The third-order valence-electron chi connectivity index (χ3n) is 2.77. The van der Waals surface area contributed by atoms with Gasteiger partial charge in [-0.05, 0) is 42.8 Å². The average Bonchev–Trinajstić information content (AvgIpc) is 2.40. The van der Waals surface area contributed by atoms with E-state index in [2.05, 4.69) is 10.6 Å². The smallest absolute Gasteiger partial charge is 0.323 e. The van der Waals surface area contributed by atoms with Crippen LogP contribution in [0.2, 0.25) is 15.1 Å². The zero-order chi connectivity index (χ0) is 15.6. The first kappa shape index (κ1) is 15.8. The number of halogens is 3. The molecular formula is C14H12Cl3N3O. The van der Waals surface area contributed by atoms with Gasteiger partial charge in [0.05, 0.1) is 21.4 Å². The van der Waals surface area contributed by atoms with Crippen molar-refractivity contribution in [3.63, 3.8) is 0 Å². The minimum absolute atomic E-state index is 0.372. The molecule has 110 valence electrons. The summed E-state index contributed by atoms with van der Waals surface area (Å²) in [7, 11) is 0. The van der Waals surface area contributed by atoms with E-state index in [0.29, 0.717) is 32.1 Å². The maximum Gasteiger partial charge on any atom is 0.323 e.